The normalized spacial score (nSPS) is 14.0. The van der Waals surface area contributed by atoms with Gasteiger partial charge < -0.3 is 11.5 Å². The molecular weight excluding hydrogens is 316 g/mol. The maximum absolute atomic E-state index is 6.98. The Morgan fingerprint density at radius 2 is 0.962 bits per heavy atom. The molecule has 2 heteroatoms. The Kier molecular flexibility index (Phi) is 14.9. The lowest BCUT2D eigenvalue weighted by atomic mass is 9.59. The highest BCUT2D eigenvalue weighted by molar-refractivity contribution is 5.01. The van der Waals surface area contributed by atoms with Crippen LogP contribution in [0.15, 0.2) is 0 Å². The Morgan fingerprint density at radius 1 is 0.577 bits per heavy atom. The molecule has 2 nitrogen and oxygen atoms in total. The molecule has 158 valence electrons. The van der Waals surface area contributed by atoms with Crippen LogP contribution in [0.2, 0.25) is 0 Å². The summed E-state index contributed by atoms with van der Waals surface area (Å²) in [4.78, 5) is 0. The Hall–Kier alpha value is -0.0800. The molecule has 0 heterocycles. The summed E-state index contributed by atoms with van der Waals surface area (Å²) in [6.45, 7) is 11.6. The molecule has 0 fully saturated rings. The van der Waals surface area contributed by atoms with E-state index in [1.807, 2.05) is 0 Å². The molecular formula is C24H52N2. The zero-order chi connectivity index (χ0) is 19.9. The summed E-state index contributed by atoms with van der Waals surface area (Å²) in [7, 11) is 0. The van der Waals surface area contributed by atoms with Crippen molar-refractivity contribution in [1.82, 2.24) is 0 Å². The fraction of sp³-hybridized carbons (Fsp3) is 1.00. The first-order chi connectivity index (χ1) is 12.4. The van der Waals surface area contributed by atoms with Gasteiger partial charge in [0.25, 0.3) is 0 Å². The van der Waals surface area contributed by atoms with E-state index in [-0.39, 0.29) is 5.41 Å². The van der Waals surface area contributed by atoms with Crippen LogP contribution in [0.1, 0.15) is 137 Å². The van der Waals surface area contributed by atoms with Gasteiger partial charge in [0.2, 0.25) is 0 Å². The van der Waals surface area contributed by atoms with Crippen LogP contribution in [0.5, 0.6) is 0 Å². The summed E-state index contributed by atoms with van der Waals surface area (Å²) in [5.41, 5.74) is 13.6. The zero-order valence-corrected chi connectivity index (χ0v) is 19.0. The molecule has 0 aliphatic carbocycles. The van der Waals surface area contributed by atoms with Crippen LogP contribution >= 0.6 is 0 Å². The lowest BCUT2D eigenvalue weighted by Gasteiger charge is -2.51. The molecule has 0 aromatic heterocycles. The first-order valence-electron chi connectivity index (χ1n) is 12.0. The third-order valence-electron chi connectivity index (χ3n) is 6.76. The van der Waals surface area contributed by atoms with Gasteiger partial charge >= 0.3 is 0 Å². The second kappa shape index (κ2) is 14.9. The number of hydrogen-bond acceptors (Lipinski definition) is 2. The van der Waals surface area contributed by atoms with Crippen molar-refractivity contribution >= 4 is 0 Å². The second-order valence-corrected chi connectivity index (χ2v) is 8.96. The number of unbranched alkanes of at least 4 members (excludes halogenated alkanes) is 8. The highest BCUT2D eigenvalue weighted by Crippen LogP contribution is 2.48. The van der Waals surface area contributed by atoms with Crippen molar-refractivity contribution in [3.8, 4) is 0 Å². The van der Waals surface area contributed by atoms with Crippen molar-refractivity contribution in [2.45, 2.75) is 143 Å². The first kappa shape index (κ1) is 25.9. The van der Waals surface area contributed by atoms with Crippen molar-refractivity contribution in [3.05, 3.63) is 0 Å². The minimum Gasteiger partial charge on any atom is -0.313 e. The smallest absolute Gasteiger partial charge is 0.0697 e. The fourth-order valence-corrected chi connectivity index (χ4v) is 4.82. The lowest BCUT2D eigenvalue weighted by Crippen LogP contribution is -2.64. The first-order valence-corrected chi connectivity index (χ1v) is 12.0. The minimum atomic E-state index is -0.519. The van der Waals surface area contributed by atoms with E-state index in [0.29, 0.717) is 5.92 Å². The summed E-state index contributed by atoms with van der Waals surface area (Å²) in [6, 6.07) is 0. The Labute approximate surface area is 166 Å². The van der Waals surface area contributed by atoms with Crippen molar-refractivity contribution in [3.63, 3.8) is 0 Å². The second-order valence-electron chi connectivity index (χ2n) is 8.96. The predicted octanol–water partition coefficient (Wildman–Crippen LogP) is 7.54. The van der Waals surface area contributed by atoms with Gasteiger partial charge in [-0.15, -0.1) is 0 Å². The molecule has 0 radical (unpaired) electrons. The molecule has 0 bridgehead atoms. The van der Waals surface area contributed by atoms with E-state index in [0.717, 1.165) is 6.42 Å². The van der Waals surface area contributed by atoms with E-state index in [1.54, 1.807) is 0 Å². The van der Waals surface area contributed by atoms with Gasteiger partial charge in [-0.3, -0.25) is 0 Å². The molecule has 0 aromatic carbocycles. The van der Waals surface area contributed by atoms with Gasteiger partial charge in [0.15, 0.2) is 0 Å². The molecule has 0 saturated heterocycles. The van der Waals surface area contributed by atoms with Crippen LogP contribution in [-0.2, 0) is 0 Å². The fourth-order valence-electron chi connectivity index (χ4n) is 4.82. The quantitative estimate of drug-likeness (QED) is 0.194. The van der Waals surface area contributed by atoms with Crippen LogP contribution in [0.3, 0.4) is 0 Å². The van der Waals surface area contributed by atoms with Gasteiger partial charge in [0.05, 0.1) is 5.66 Å². The predicted molar refractivity (Wildman–Crippen MR) is 119 cm³/mol. The Bertz CT molecular complexity index is 301. The maximum atomic E-state index is 6.98. The van der Waals surface area contributed by atoms with Crippen molar-refractivity contribution in [2.24, 2.45) is 22.8 Å². The average molecular weight is 369 g/mol. The minimum absolute atomic E-state index is 0.110. The monoisotopic (exact) mass is 368 g/mol. The largest absolute Gasteiger partial charge is 0.313 e. The summed E-state index contributed by atoms with van der Waals surface area (Å²) < 4.78 is 0. The molecule has 4 N–H and O–H groups in total. The molecule has 0 spiro atoms. The molecule has 1 unspecified atom stereocenters. The molecule has 0 aromatic rings. The van der Waals surface area contributed by atoms with E-state index in [4.69, 9.17) is 11.5 Å². The van der Waals surface area contributed by atoms with Gasteiger partial charge in [-0.2, -0.15) is 0 Å². The van der Waals surface area contributed by atoms with E-state index < -0.39 is 5.66 Å². The standard InChI is InChI=1S/C24H52N2/c1-6-10-14-18-22(5)23(19-15-11-7-2,20-16-12-8-3)24(25,26)21-17-13-9-4/h22H,6-21,25-26H2,1-5H3. The van der Waals surface area contributed by atoms with Crippen LogP contribution < -0.4 is 11.5 Å². The Morgan fingerprint density at radius 3 is 1.38 bits per heavy atom. The highest BCUT2D eigenvalue weighted by Gasteiger charge is 2.48. The average Bonchev–Trinajstić information content (AvgIpc) is 2.60. The summed E-state index contributed by atoms with van der Waals surface area (Å²) in [6.07, 6.45) is 20.0. The van der Waals surface area contributed by atoms with Gasteiger partial charge in [-0.05, 0) is 25.2 Å². The van der Waals surface area contributed by atoms with Crippen molar-refractivity contribution in [2.75, 3.05) is 0 Å². The number of rotatable bonds is 18. The molecule has 0 saturated carbocycles. The zero-order valence-electron chi connectivity index (χ0n) is 19.0. The molecule has 0 aliphatic heterocycles. The summed E-state index contributed by atoms with van der Waals surface area (Å²) in [5, 5.41) is 0. The lowest BCUT2D eigenvalue weighted by molar-refractivity contribution is 0.0145. The number of nitrogens with two attached hydrogens (primary N) is 2. The molecule has 0 amide bonds. The van der Waals surface area contributed by atoms with Gasteiger partial charge in [0.1, 0.15) is 0 Å². The molecule has 26 heavy (non-hydrogen) atoms. The summed E-state index contributed by atoms with van der Waals surface area (Å²) >= 11 is 0. The SMILES string of the molecule is CCCCCC(C)C(CCCCC)(CCCCC)C(N)(N)CCCCC. The third kappa shape index (κ3) is 8.74. The van der Waals surface area contributed by atoms with Crippen LogP contribution in [-0.4, -0.2) is 5.66 Å². The van der Waals surface area contributed by atoms with Crippen LogP contribution in [0.25, 0.3) is 0 Å². The van der Waals surface area contributed by atoms with E-state index in [1.165, 1.54) is 96.3 Å². The maximum Gasteiger partial charge on any atom is 0.0697 e. The van der Waals surface area contributed by atoms with E-state index >= 15 is 0 Å². The van der Waals surface area contributed by atoms with E-state index in [2.05, 4.69) is 34.6 Å². The van der Waals surface area contributed by atoms with Crippen LogP contribution in [0, 0.1) is 11.3 Å². The van der Waals surface area contributed by atoms with Gasteiger partial charge in [-0.1, -0.05) is 118 Å². The third-order valence-corrected chi connectivity index (χ3v) is 6.76. The van der Waals surface area contributed by atoms with Gasteiger partial charge in [0, 0.05) is 5.41 Å². The molecule has 0 aliphatic rings. The molecule has 1 atom stereocenters. The molecule has 0 rings (SSSR count). The van der Waals surface area contributed by atoms with Crippen molar-refractivity contribution in [1.29, 1.82) is 0 Å². The van der Waals surface area contributed by atoms with E-state index in [9.17, 15) is 0 Å². The highest BCUT2D eigenvalue weighted by atomic mass is 15.0. The number of hydrogen-bond donors (Lipinski definition) is 2. The van der Waals surface area contributed by atoms with Crippen LogP contribution in [0.4, 0.5) is 0 Å². The van der Waals surface area contributed by atoms with Gasteiger partial charge in [-0.25, -0.2) is 0 Å². The topological polar surface area (TPSA) is 52.0 Å². The van der Waals surface area contributed by atoms with Crippen molar-refractivity contribution < 1.29 is 0 Å². The summed E-state index contributed by atoms with van der Waals surface area (Å²) in [5.74, 6) is 0.624. The Balaban J connectivity index is 5.43.